The van der Waals surface area contributed by atoms with Gasteiger partial charge >= 0.3 is 5.97 Å². The summed E-state index contributed by atoms with van der Waals surface area (Å²) < 4.78 is 0. The molecule has 1 unspecified atom stereocenters. The van der Waals surface area contributed by atoms with Crippen molar-refractivity contribution in [2.75, 3.05) is 46.3 Å². The molecule has 1 saturated heterocycles. The van der Waals surface area contributed by atoms with Gasteiger partial charge in [0.05, 0.1) is 19.0 Å². The summed E-state index contributed by atoms with van der Waals surface area (Å²) in [5.41, 5.74) is 0. The van der Waals surface area contributed by atoms with Crippen molar-refractivity contribution in [2.24, 2.45) is 0 Å². The number of carboxylic acid groups (broad SMARTS) is 1. The number of amides is 1. The SMILES string of the molecule is CC(C(=O)O)N1CCN(CC(=O)N(C)CCC#N)CC1. The van der Waals surface area contributed by atoms with Crippen LogP contribution in [0.3, 0.4) is 0 Å². The minimum absolute atomic E-state index is 0.0000157. The van der Waals surface area contributed by atoms with E-state index in [9.17, 15) is 9.59 Å². The first kappa shape index (κ1) is 16.4. The maximum absolute atomic E-state index is 11.9. The van der Waals surface area contributed by atoms with Gasteiger partial charge in [0, 0.05) is 39.8 Å². The molecule has 0 spiro atoms. The molecule has 112 valence electrons. The van der Waals surface area contributed by atoms with E-state index in [0.29, 0.717) is 45.7 Å². The monoisotopic (exact) mass is 282 g/mol. The molecule has 0 aliphatic carbocycles. The predicted molar refractivity (Wildman–Crippen MR) is 73.0 cm³/mol. The molecular weight excluding hydrogens is 260 g/mol. The number of nitriles is 1. The molecule has 0 aromatic carbocycles. The molecule has 0 saturated carbocycles. The smallest absolute Gasteiger partial charge is 0.320 e. The third-order valence-electron chi connectivity index (χ3n) is 3.66. The number of piperazine rings is 1. The Bertz CT molecular complexity index is 386. The average molecular weight is 282 g/mol. The maximum atomic E-state index is 11.9. The number of aliphatic carboxylic acids is 1. The van der Waals surface area contributed by atoms with Gasteiger partial charge in [-0.2, -0.15) is 5.26 Å². The van der Waals surface area contributed by atoms with Gasteiger partial charge in [-0.3, -0.25) is 19.4 Å². The van der Waals surface area contributed by atoms with Gasteiger partial charge in [0.15, 0.2) is 0 Å². The minimum atomic E-state index is -0.814. The summed E-state index contributed by atoms with van der Waals surface area (Å²) >= 11 is 0. The van der Waals surface area contributed by atoms with Crippen molar-refractivity contribution < 1.29 is 14.7 Å². The van der Waals surface area contributed by atoms with E-state index in [1.54, 1.807) is 18.9 Å². The van der Waals surface area contributed by atoms with Gasteiger partial charge in [-0.1, -0.05) is 0 Å². The Hall–Kier alpha value is -1.65. The van der Waals surface area contributed by atoms with Crippen molar-refractivity contribution in [3.05, 3.63) is 0 Å². The lowest BCUT2D eigenvalue weighted by Gasteiger charge is -2.36. The molecule has 0 radical (unpaired) electrons. The van der Waals surface area contributed by atoms with Crippen LogP contribution in [0.4, 0.5) is 0 Å². The first-order chi connectivity index (χ1) is 9.45. The highest BCUT2D eigenvalue weighted by Gasteiger charge is 2.26. The van der Waals surface area contributed by atoms with Crippen LogP contribution in [0.15, 0.2) is 0 Å². The molecule has 0 aromatic heterocycles. The molecule has 1 heterocycles. The zero-order chi connectivity index (χ0) is 15.1. The van der Waals surface area contributed by atoms with Crippen LogP contribution in [0.5, 0.6) is 0 Å². The number of hydrogen-bond acceptors (Lipinski definition) is 5. The van der Waals surface area contributed by atoms with Gasteiger partial charge in [0.25, 0.3) is 0 Å². The van der Waals surface area contributed by atoms with E-state index in [1.165, 1.54) is 0 Å². The van der Waals surface area contributed by atoms with E-state index in [-0.39, 0.29) is 5.91 Å². The molecule has 0 aromatic rings. The Morgan fingerprint density at radius 2 is 1.95 bits per heavy atom. The van der Waals surface area contributed by atoms with Crippen LogP contribution in [-0.2, 0) is 9.59 Å². The number of carboxylic acids is 1. The molecule has 7 heteroatoms. The highest BCUT2D eigenvalue weighted by atomic mass is 16.4. The van der Waals surface area contributed by atoms with Gasteiger partial charge in [0.1, 0.15) is 6.04 Å². The fourth-order valence-corrected chi connectivity index (χ4v) is 2.12. The van der Waals surface area contributed by atoms with Gasteiger partial charge in [-0.15, -0.1) is 0 Å². The number of likely N-dealkylation sites (N-methyl/N-ethyl adjacent to an activating group) is 1. The van der Waals surface area contributed by atoms with Crippen LogP contribution in [-0.4, -0.2) is 84.0 Å². The summed E-state index contributed by atoms with van der Waals surface area (Å²) in [5.74, 6) is -0.814. The predicted octanol–water partition coefficient (Wildman–Crippen LogP) is -0.551. The van der Waals surface area contributed by atoms with Crippen LogP contribution in [0.25, 0.3) is 0 Å². The Balaban J connectivity index is 2.34. The molecule has 7 nitrogen and oxygen atoms in total. The zero-order valence-corrected chi connectivity index (χ0v) is 12.1. The molecule has 1 atom stereocenters. The molecule has 1 aliphatic rings. The Kier molecular flexibility index (Phi) is 6.42. The molecule has 1 amide bonds. The summed E-state index contributed by atoms with van der Waals surface area (Å²) in [6.45, 7) is 5.15. The van der Waals surface area contributed by atoms with E-state index < -0.39 is 12.0 Å². The Morgan fingerprint density at radius 1 is 1.35 bits per heavy atom. The van der Waals surface area contributed by atoms with E-state index in [1.807, 2.05) is 15.9 Å². The third-order valence-corrected chi connectivity index (χ3v) is 3.66. The fraction of sp³-hybridized carbons (Fsp3) is 0.769. The molecular formula is C13H22N4O3. The topological polar surface area (TPSA) is 87.9 Å². The molecule has 1 N–H and O–H groups in total. The highest BCUT2D eigenvalue weighted by molar-refractivity contribution is 5.78. The first-order valence-electron chi connectivity index (χ1n) is 6.75. The number of carbonyl (C=O) groups excluding carboxylic acids is 1. The molecule has 1 rings (SSSR count). The van der Waals surface area contributed by atoms with Crippen molar-refractivity contribution in [2.45, 2.75) is 19.4 Å². The lowest BCUT2D eigenvalue weighted by atomic mass is 10.2. The second kappa shape index (κ2) is 7.82. The lowest BCUT2D eigenvalue weighted by Crippen LogP contribution is -2.53. The van der Waals surface area contributed by atoms with Gasteiger partial charge in [-0.05, 0) is 6.92 Å². The van der Waals surface area contributed by atoms with Crippen LogP contribution in [0.1, 0.15) is 13.3 Å². The second-order valence-corrected chi connectivity index (χ2v) is 5.05. The third kappa shape index (κ3) is 4.79. The normalized spacial score (nSPS) is 18.2. The van der Waals surface area contributed by atoms with Crippen molar-refractivity contribution in [3.8, 4) is 6.07 Å². The second-order valence-electron chi connectivity index (χ2n) is 5.05. The van der Waals surface area contributed by atoms with Crippen LogP contribution < -0.4 is 0 Å². The van der Waals surface area contributed by atoms with Crippen LogP contribution >= 0.6 is 0 Å². The number of rotatable bonds is 6. The van der Waals surface area contributed by atoms with Crippen LogP contribution in [0, 0.1) is 11.3 Å². The summed E-state index contributed by atoms with van der Waals surface area (Å²) in [6.07, 6.45) is 0.339. The van der Waals surface area contributed by atoms with Gasteiger partial charge < -0.3 is 10.0 Å². The zero-order valence-electron chi connectivity index (χ0n) is 12.1. The first-order valence-corrected chi connectivity index (χ1v) is 6.75. The van der Waals surface area contributed by atoms with Crippen molar-refractivity contribution in [1.29, 1.82) is 5.26 Å². The fourth-order valence-electron chi connectivity index (χ4n) is 2.12. The maximum Gasteiger partial charge on any atom is 0.320 e. The van der Waals surface area contributed by atoms with E-state index in [0.717, 1.165) is 0 Å². The number of hydrogen-bond donors (Lipinski definition) is 1. The minimum Gasteiger partial charge on any atom is -0.480 e. The number of carbonyl (C=O) groups is 2. The van der Waals surface area contributed by atoms with Crippen LogP contribution in [0.2, 0.25) is 0 Å². The molecule has 1 aliphatic heterocycles. The van der Waals surface area contributed by atoms with Crippen molar-refractivity contribution in [3.63, 3.8) is 0 Å². The number of nitrogens with zero attached hydrogens (tertiary/aromatic N) is 4. The highest BCUT2D eigenvalue weighted by Crippen LogP contribution is 2.07. The van der Waals surface area contributed by atoms with Gasteiger partial charge in [0.2, 0.25) is 5.91 Å². The Morgan fingerprint density at radius 3 is 2.45 bits per heavy atom. The standard InChI is InChI=1S/C13H22N4O3/c1-11(13(19)20)17-8-6-16(7-9-17)10-12(18)15(2)5-3-4-14/h11H,3,5-10H2,1-2H3,(H,19,20). The summed E-state index contributed by atoms with van der Waals surface area (Å²) in [7, 11) is 1.70. The summed E-state index contributed by atoms with van der Waals surface area (Å²) in [5, 5.41) is 17.5. The average Bonchev–Trinajstić information content (AvgIpc) is 2.44. The van der Waals surface area contributed by atoms with Crippen molar-refractivity contribution >= 4 is 11.9 Å². The van der Waals surface area contributed by atoms with E-state index in [4.69, 9.17) is 10.4 Å². The Labute approximate surface area is 119 Å². The van der Waals surface area contributed by atoms with Gasteiger partial charge in [-0.25, -0.2) is 0 Å². The molecule has 0 bridgehead atoms. The van der Waals surface area contributed by atoms with E-state index in [2.05, 4.69) is 0 Å². The summed E-state index contributed by atoms with van der Waals surface area (Å²) in [4.78, 5) is 28.3. The van der Waals surface area contributed by atoms with E-state index >= 15 is 0 Å². The summed E-state index contributed by atoms with van der Waals surface area (Å²) in [6, 6.07) is 1.54. The lowest BCUT2D eigenvalue weighted by molar-refractivity contribution is -0.143. The quantitative estimate of drug-likeness (QED) is 0.703. The van der Waals surface area contributed by atoms with Crippen molar-refractivity contribution in [1.82, 2.24) is 14.7 Å². The largest absolute Gasteiger partial charge is 0.480 e. The molecule has 1 fully saturated rings. The molecule has 20 heavy (non-hydrogen) atoms.